The van der Waals surface area contributed by atoms with Gasteiger partial charge in [-0.2, -0.15) is 0 Å². The molecule has 0 saturated heterocycles. The highest BCUT2D eigenvalue weighted by molar-refractivity contribution is 6.08. The first-order valence-corrected chi connectivity index (χ1v) is 8.75. The fourth-order valence-electron chi connectivity index (χ4n) is 2.84. The molecule has 0 aliphatic rings. The minimum absolute atomic E-state index is 0.0542. The molecule has 0 unspecified atom stereocenters. The van der Waals surface area contributed by atoms with Crippen LogP contribution in [0.5, 0.6) is 17.2 Å². The van der Waals surface area contributed by atoms with Gasteiger partial charge in [0.25, 0.3) is 0 Å². The predicted molar refractivity (Wildman–Crippen MR) is 108 cm³/mol. The lowest BCUT2D eigenvalue weighted by molar-refractivity contribution is 0.104. The molecule has 0 aliphatic carbocycles. The van der Waals surface area contributed by atoms with Crippen LogP contribution in [0.4, 0.5) is 0 Å². The summed E-state index contributed by atoms with van der Waals surface area (Å²) in [4.78, 5) is 12.6. The van der Waals surface area contributed by atoms with Crippen molar-refractivity contribution >= 4 is 22.6 Å². The van der Waals surface area contributed by atoms with Gasteiger partial charge in [-0.3, -0.25) is 4.79 Å². The van der Waals surface area contributed by atoms with Crippen LogP contribution in [-0.4, -0.2) is 26.6 Å². The fourth-order valence-corrected chi connectivity index (χ4v) is 2.84. The molecule has 0 aliphatic heterocycles. The Morgan fingerprint density at radius 2 is 1.67 bits per heavy atom. The molecule has 3 rings (SSSR count). The van der Waals surface area contributed by atoms with Crippen molar-refractivity contribution in [1.29, 1.82) is 0 Å². The second-order valence-electron chi connectivity index (χ2n) is 5.97. The van der Waals surface area contributed by atoms with E-state index in [2.05, 4.69) is 0 Å². The Balaban J connectivity index is 1.82. The molecule has 3 aromatic carbocycles. The second-order valence-corrected chi connectivity index (χ2v) is 5.97. The standard InChI is InChI=1S/C23H22O4/c1-4-27-23-13-16(6-12-22(23)26-3)5-11-21(24)19-8-7-18-15-20(25-2)10-9-17(18)14-19/h5-15H,4H2,1-3H3/b11-5+. The van der Waals surface area contributed by atoms with Gasteiger partial charge in [0.2, 0.25) is 0 Å². The Morgan fingerprint density at radius 3 is 2.41 bits per heavy atom. The molecule has 4 nitrogen and oxygen atoms in total. The molecule has 0 radical (unpaired) electrons. The van der Waals surface area contributed by atoms with Crippen LogP contribution in [0.1, 0.15) is 22.8 Å². The molecule has 0 fully saturated rings. The lowest BCUT2D eigenvalue weighted by Crippen LogP contribution is -1.96. The topological polar surface area (TPSA) is 44.8 Å². The van der Waals surface area contributed by atoms with Gasteiger partial charge in [0.1, 0.15) is 5.75 Å². The SMILES string of the molecule is CCOc1cc(/C=C/C(=O)c2ccc3cc(OC)ccc3c2)ccc1OC. The maximum atomic E-state index is 12.6. The number of benzene rings is 3. The van der Waals surface area contributed by atoms with E-state index in [-0.39, 0.29) is 5.78 Å². The molecule has 138 valence electrons. The van der Waals surface area contributed by atoms with Crippen molar-refractivity contribution in [3.63, 3.8) is 0 Å². The van der Waals surface area contributed by atoms with E-state index >= 15 is 0 Å². The molecule has 0 bridgehead atoms. The minimum Gasteiger partial charge on any atom is -0.497 e. The molecule has 0 spiro atoms. The molecule has 0 aromatic heterocycles. The lowest BCUT2D eigenvalue weighted by Gasteiger charge is -2.09. The van der Waals surface area contributed by atoms with Crippen LogP contribution in [-0.2, 0) is 0 Å². The van der Waals surface area contributed by atoms with Gasteiger partial charge in [-0.1, -0.05) is 30.3 Å². The molecule has 0 atom stereocenters. The molecule has 0 amide bonds. The van der Waals surface area contributed by atoms with E-state index in [1.807, 2.05) is 61.5 Å². The van der Waals surface area contributed by atoms with Gasteiger partial charge in [0.05, 0.1) is 20.8 Å². The Kier molecular flexibility index (Phi) is 5.77. The zero-order valence-corrected chi connectivity index (χ0v) is 15.7. The van der Waals surface area contributed by atoms with E-state index in [1.54, 1.807) is 26.4 Å². The summed E-state index contributed by atoms with van der Waals surface area (Å²) in [5.41, 5.74) is 1.51. The van der Waals surface area contributed by atoms with Gasteiger partial charge in [-0.05, 0) is 59.7 Å². The predicted octanol–water partition coefficient (Wildman–Crippen LogP) is 5.15. The van der Waals surface area contributed by atoms with E-state index < -0.39 is 0 Å². The third-order valence-electron chi connectivity index (χ3n) is 4.25. The molecule has 4 heteroatoms. The van der Waals surface area contributed by atoms with Crippen molar-refractivity contribution in [1.82, 2.24) is 0 Å². The van der Waals surface area contributed by atoms with E-state index in [0.717, 1.165) is 22.1 Å². The summed E-state index contributed by atoms with van der Waals surface area (Å²) in [7, 11) is 3.24. The third-order valence-corrected chi connectivity index (χ3v) is 4.25. The number of fused-ring (bicyclic) bond motifs is 1. The minimum atomic E-state index is -0.0542. The molecule has 0 N–H and O–H groups in total. The van der Waals surface area contributed by atoms with Gasteiger partial charge in [0, 0.05) is 5.56 Å². The molecular weight excluding hydrogens is 340 g/mol. The number of rotatable bonds is 7. The van der Waals surface area contributed by atoms with Crippen molar-refractivity contribution in [2.75, 3.05) is 20.8 Å². The number of allylic oxidation sites excluding steroid dienone is 1. The van der Waals surface area contributed by atoms with Crippen molar-refractivity contribution in [2.45, 2.75) is 6.92 Å². The largest absolute Gasteiger partial charge is 0.497 e. The van der Waals surface area contributed by atoms with Crippen LogP contribution < -0.4 is 14.2 Å². The van der Waals surface area contributed by atoms with Crippen molar-refractivity contribution in [3.05, 3.63) is 71.8 Å². The molecule has 27 heavy (non-hydrogen) atoms. The fraction of sp³-hybridized carbons (Fsp3) is 0.174. The summed E-state index contributed by atoms with van der Waals surface area (Å²) in [6, 6.07) is 17.0. The highest BCUT2D eigenvalue weighted by Crippen LogP contribution is 2.28. The van der Waals surface area contributed by atoms with Crippen LogP contribution in [0.3, 0.4) is 0 Å². The van der Waals surface area contributed by atoms with Gasteiger partial charge >= 0.3 is 0 Å². The maximum Gasteiger partial charge on any atom is 0.185 e. The highest BCUT2D eigenvalue weighted by Gasteiger charge is 2.06. The van der Waals surface area contributed by atoms with Gasteiger partial charge in [-0.25, -0.2) is 0 Å². The lowest BCUT2D eigenvalue weighted by atomic mass is 10.0. The molecule has 0 saturated carbocycles. The third kappa shape index (κ3) is 4.29. The van der Waals surface area contributed by atoms with E-state index in [4.69, 9.17) is 14.2 Å². The van der Waals surface area contributed by atoms with Crippen LogP contribution in [0.15, 0.2) is 60.7 Å². The van der Waals surface area contributed by atoms with E-state index in [1.165, 1.54) is 0 Å². The summed E-state index contributed by atoms with van der Waals surface area (Å²) in [5.74, 6) is 2.08. The van der Waals surface area contributed by atoms with Crippen LogP contribution in [0.25, 0.3) is 16.8 Å². The van der Waals surface area contributed by atoms with Crippen molar-refractivity contribution in [3.8, 4) is 17.2 Å². The Morgan fingerprint density at radius 1 is 0.889 bits per heavy atom. The van der Waals surface area contributed by atoms with Gasteiger partial charge in [-0.15, -0.1) is 0 Å². The average molecular weight is 362 g/mol. The number of hydrogen-bond donors (Lipinski definition) is 0. The zero-order chi connectivity index (χ0) is 19.2. The summed E-state index contributed by atoms with van der Waals surface area (Å²) in [6.45, 7) is 2.46. The Bertz CT molecular complexity index is 989. The molecular formula is C23H22O4. The van der Waals surface area contributed by atoms with Gasteiger partial charge in [0.15, 0.2) is 17.3 Å². The number of carbonyl (C=O) groups is 1. The summed E-state index contributed by atoms with van der Waals surface area (Å²) in [6.07, 6.45) is 3.35. The number of ketones is 1. The second kappa shape index (κ2) is 8.41. The summed E-state index contributed by atoms with van der Waals surface area (Å²) < 4.78 is 16.1. The van der Waals surface area contributed by atoms with Crippen LogP contribution in [0.2, 0.25) is 0 Å². The first-order chi connectivity index (χ1) is 13.1. The quantitative estimate of drug-likeness (QED) is 0.431. The first-order valence-electron chi connectivity index (χ1n) is 8.75. The number of hydrogen-bond acceptors (Lipinski definition) is 4. The molecule has 0 heterocycles. The van der Waals surface area contributed by atoms with E-state index in [0.29, 0.717) is 23.7 Å². The van der Waals surface area contributed by atoms with Crippen molar-refractivity contribution in [2.24, 2.45) is 0 Å². The summed E-state index contributed by atoms with van der Waals surface area (Å²) >= 11 is 0. The Hall–Kier alpha value is -3.27. The Labute approximate surface area is 159 Å². The van der Waals surface area contributed by atoms with Crippen LogP contribution in [0, 0.1) is 0 Å². The number of ether oxygens (including phenoxy) is 3. The average Bonchev–Trinajstić information content (AvgIpc) is 2.71. The monoisotopic (exact) mass is 362 g/mol. The van der Waals surface area contributed by atoms with Gasteiger partial charge < -0.3 is 14.2 Å². The van der Waals surface area contributed by atoms with E-state index in [9.17, 15) is 4.79 Å². The number of carbonyl (C=O) groups excluding carboxylic acids is 1. The zero-order valence-electron chi connectivity index (χ0n) is 15.7. The number of methoxy groups -OCH3 is 2. The smallest absolute Gasteiger partial charge is 0.185 e. The maximum absolute atomic E-state index is 12.6. The highest BCUT2D eigenvalue weighted by atomic mass is 16.5. The van der Waals surface area contributed by atoms with Crippen molar-refractivity contribution < 1.29 is 19.0 Å². The summed E-state index contributed by atoms with van der Waals surface area (Å²) in [5, 5.41) is 2.03. The molecule has 3 aromatic rings. The first kappa shape index (κ1) is 18.5. The normalized spacial score (nSPS) is 10.9. The van der Waals surface area contributed by atoms with Crippen LogP contribution >= 0.6 is 0 Å².